The van der Waals surface area contributed by atoms with Crippen molar-refractivity contribution < 1.29 is 4.39 Å². The monoisotopic (exact) mass is 307 g/mol. The van der Waals surface area contributed by atoms with Crippen molar-refractivity contribution in [2.75, 3.05) is 41.7 Å². The summed E-state index contributed by atoms with van der Waals surface area (Å²) in [6, 6.07) is 5.02. The average molecular weight is 308 g/mol. The number of hydrogen-bond donors (Lipinski definition) is 1. The molecule has 0 bridgehead atoms. The summed E-state index contributed by atoms with van der Waals surface area (Å²) in [6.45, 7) is 2.93. The first-order valence-electron chi connectivity index (χ1n) is 6.66. The largest absolute Gasteiger partial charge is 0.384 e. The number of nitrogen functional groups attached to an aromatic ring is 1. The maximum atomic E-state index is 13.9. The van der Waals surface area contributed by atoms with Gasteiger partial charge in [0.05, 0.1) is 16.9 Å². The summed E-state index contributed by atoms with van der Waals surface area (Å²) in [6.07, 6.45) is 3.22. The molecule has 21 heavy (non-hydrogen) atoms. The van der Waals surface area contributed by atoms with Gasteiger partial charge in [0, 0.05) is 32.4 Å². The Morgan fingerprint density at radius 3 is 2.38 bits per heavy atom. The lowest BCUT2D eigenvalue weighted by Gasteiger charge is -2.36. The minimum Gasteiger partial charge on any atom is -0.384 e. The van der Waals surface area contributed by atoms with Crippen molar-refractivity contribution >= 4 is 28.9 Å². The van der Waals surface area contributed by atoms with Crippen LogP contribution in [0.3, 0.4) is 0 Å². The third-order valence-electron chi connectivity index (χ3n) is 3.50. The molecule has 2 aromatic heterocycles. The van der Waals surface area contributed by atoms with Crippen LogP contribution in [-0.2, 0) is 0 Å². The number of pyridine rings is 2. The van der Waals surface area contributed by atoms with E-state index in [0.717, 1.165) is 18.8 Å². The second-order valence-corrected chi connectivity index (χ2v) is 5.31. The highest BCUT2D eigenvalue weighted by atomic mass is 35.5. The second kappa shape index (κ2) is 5.73. The van der Waals surface area contributed by atoms with Gasteiger partial charge in [-0.05, 0) is 18.2 Å². The van der Waals surface area contributed by atoms with Crippen LogP contribution in [0.4, 0.5) is 21.7 Å². The summed E-state index contributed by atoms with van der Waals surface area (Å²) < 4.78 is 13.9. The van der Waals surface area contributed by atoms with E-state index in [1.54, 1.807) is 12.3 Å². The van der Waals surface area contributed by atoms with E-state index in [9.17, 15) is 4.39 Å². The summed E-state index contributed by atoms with van der Waals surface area (Å²) in [7, 11) is 0. The first kappa shape index (κ1) is 13.9. The summed E-state index contributed by atoms with van der Waals surface area (Å²) in [5.74, 6) is 0.476. The maximum Gasteiger partial charge on any atom is 0.167 e. The predicted molar refractivity (Wildman–Crippen MR) is 82.3 cm³/mol. The highest BCUT2D eigenvalue weighted by Gasteiger charge is 2.21. The van der Waals surface area contributed by atoms with Gasteiger partial charge in [-0.3, -0.25) is 0 Å². The van der Waals surface area contributed by atoms with Gasteiger partial charge in [0.2, 0.25) is 0 Å². The number of nitrogens with zero attached hydrogens (tertiary/aromatic N) is 4. The van der Waals surface area contributed by atoms with Gasteiger partial charge in [0.25, 0.3) is 0 Å². The first-order chi connectivity index (χ1) is 10.1. The highest BCUT2D eigenvalue weighted by molar-refractivity contribution is 6.30. The summed E-state index contributed by atoms with van der Waals surface area (Å²) >= 11 is 5.73. The van der Waals surface area contributed by atoms with Gasteiger partial charge in [0.1, 0.15) is 5.82 Å². The summed E-state index contributed by atoms with van der Waals surface area (Å²) in [4.78, 5) is 12.3. The molecule has 0 saturated carbocycles. The van der Waals surface area contributed by atoms with Gasteiger partial charge in [-0.1, -0.05) is 11.6 Å². The summed E-state index contributed by atoms with van der Waals surface area (Å²) in [5.41, 5.74) is 6.61. The molecule has 2 N–H and O–H groups in total. The molecule has 0 amide bonds. The van der Waals surface area contributed by atoms with Crippen molar-refractivity contribution in [2.24, 2.45) is 0 Å². The van der Waals surface area contributed by atoms with Crippen LogP contribution in [0.1, 0.15) is 0 Å². The molecule has 0 aliphatic carbocycles. The standard InChI is InChI=1S/C14H15ClFN5/c15-10-7-12(16)14(19-8-10)21-5-3-20(4-6-21)11-1-2-13(17)18-9-11/h1-2,7-9H,3-6H2,(H2,17,18). The van der Waals surface area contributed by atoms with Crippen molar-refractivity contribution in [1.29, 1.82) is 0 Å². The lowest BCUT2D eigenvalue weighted by atomic mass is 10.2. The fraction of sp³-hybridized carbons (Fsp3) is 0.286. The molecule has 0 aromatic carbocycles. The molecule has 110 valence electrons. The Labute approximate surface area is 127 Å². The van der Waals surface area contributed by atoms with E-state index < -0.39 is 0 Å². The quantitative estimate of drug-likeness (QED) is 0.921. The molecule has 7 heteroatoms. The molecule has 0 atom stereocenters. The molecule has 1 saturated heterocycles. The van der Waals surface area contributed by atoms with Crippen LogP contribution in [0.5, 0.6) is 0 Å². The van der Waals surface area contributed by atoms with E-state index in [2.05, 4.69) is 14.9 Å². The van der Waals surface area contributed by atoms with Gasteiger partial charge in [-0.2, -0.15) is 0 Å². The second-order valence-electron chi connectivity index (χ2n) is 4.87. The molecule has 2 aromatic rings. The molecule has 3 heterocycles. The normalized spacial score (nSPS) is 15.3. The van der Waals surface area contributed by atoms with Gasteiger partial charge < -0.3 is 15.5 Å². The predicted octanol–water partition coefficient (Wildman–Crippen LogP) is 2.18. The van der Waals surface area contributed by atoms with E-state index in [4.69, 9.17) is 17.3 Å². The van der Waals surface area contributed by atoms with Crippen LogP contribution in [-0.4, -0.2) is 36.1 Å². The molecule has 0 spiro atoms. The lowest BCUT2D eigenvalue weighted by Crippen LogP contribution is -2.47. The molecule has 3 rings (SSSR count). The molecule has 0 radical (unpaired) electrons. The zero-order chi connectivity index (χ0) is 14.8. The molecular formula is C14H15ClFN5. The molecule has 0 unspecified atom stereocenters. The number of rotatable bonds is 2. The SMILES string of the molecule is Nc1ccc(N2CCN(c3ncc(Cl)cc3F)CC2)cn1. The molecular weight excluding hydrogens is 293 g/mol. The lowest BCUT2D eigenvalue weighted by molar-refractivity contribution is 0.588. The van der Waals surface area contributed by atoms with Gasteiger partial charge in [-0.25, -0.2) is 14.4 Å². The molecule has 1 aliphatic rings. The van der Waals surface area contributed by atoms with Crippen molar-refractivity contribution in [3.8, 4) is 0 Å². The fourth-order valence-corrected chi connectivity index (χ4v) is 2.55. The minimum atomic E-state index is -0.384. The van der Waals surface area contributed by atoms with Crippen LogP contribution in [0.2, 0.25) is 5.02 Å². The number of nitrogens with two attached hydrogens (primary N) is 1. The Morgan fingerprint density at radius 2 is 1.76 bits per heavy atom. The Balaban J connectivity index is 1.68. The van der Waals surface area contributed by atoms with Crippen molar-refractivity contribution in [3.63, 3.8) is 0 Å². The minimum absolute atomic E-state index is 0.308. The third kappa shape index (κ3) is 3.00. The van der Waals surface area contributed by atoms with E-state index >= 15 is 0 Å². The number of halogens is 2. The number of aromatic nitrogens is 2. The smallest absolute Gasteiger partial charge is 0.167 e. The van der Waals surface area contributed by atoms with Gasteiger partial charge in [0.15, 0.2) is 11.6 Å². The van der Waals surface area contributed by atoms with Crippen LogP contribution >= 0.6 is 11.6 Å². The molecule has 5 nitrogen and oxygen atoms in total. The molecule has 1 fully saturated rings. The van der Waals surface area contributed by atoms with Crippen molar-refractivity contribution in [3.05, 3.63) is 41.4 Å². The van der Waals surface area contributed by atoms with E-state index in [-0.39, 0.29) is 5.82 Å². The van der Waals surface area contributed by atoms with Crippen LogP contribution in [0, 0.1) is 5.82 Å². The number of hydrogen-bond acceptors (Lipinski definition) is 5. The van der Waals surface area contributed by atoms with Crippen molar-refractivity contribution in [2.45, 2.75) is 0 Å². The Kier molecular flexibility index (Phi) is 3.79. The Bertz CT molecular complexity index is 626. The van der Waals surface area contributed by atoms with Crippen LogP contribution in [0.25, 0.3) is 0 Å². The highest BCUT2D eigenvalue weighted by Crippen LogP contribution is 2.22. The number of anilines is 3. The number of piperazine rings is 1. The molecule has 1 aliphatic heterocycles. The maximum absolute atomic E-state index is 13.9. The van der Waals surface area contributed by atoms with Gasteiger partial charge >= 0.3 is 0 Å². The van der Waals surface area contributed by atoms with Crippen LogP contribution < -0.4 is 15.5 Å². The summed E-state index contributed by atoms with van der Waals surface area (Å²) in [5, 5.41) is 0.308. The fourth-order valence-electron chi connectivity index (χ4n) is 2.40. The van der Waals surface area contributed by atoms with Crippen molar-refractivity contribution in [1.82, 2.24) is 9.97 Å². The van der Waals surface area contributed by atoms with E-state index in [0.29, 0.717) is 29.7 Å². The Morgan fingerprint density at radius 1 is 1.05 bits per heavy atom. The van der Waals surface area contributed by atoms with E-state index in [1.165, 1.54) is 12.3 Å². The van der Waals surface area contributed by atoms with Gasteiger partial charge in [-0.15, -0.1) is 0 Å². The topological polar surface area (TPSA) is 58.3 Å². The third-order valence-corrected chi connectivity index (χ3v) is 3.71. The first-order valence-corrected chi connectivity index (χ1v) is 7.04. The average Bonchev–Trinajstić information content (AvgIpc) is 2.48. The Hall–Kier alpha value is -2.08. The van der Waals surface area contributed by atoms with E-state index in [1.807, 2.05) is 11.0 Å². The zero-order valence-corrected chi connectivity index (χ0v) is 12.1. The zero-order valence-electron chi connectivity index (χ0n) is 11.3. The van der Waals surface area contributed by atoms with Crippen LogP contribution in [0.15, 0.2) is 30.6 Å².